The second-order valence-electron chi connectivity index (χ2n) is 5.40. The Kier molecular flexibility index (Phi) is 4.00. The van der Waals surface area contributed by atoms with Crippen LogP contribution in [-0.4, -0.2) is 19.6 Å². The van der Waals surface area contributed by atoms with Crippen LogP contribution in [0.15, 0.2) is 54.6 Å². The summed E-state index contributed by atoms with van der Waals surface area (Å²) in [5, 5.41) is 10.8. The largest absolute Gasteiger partial charge is 0.363 e. The average molecular weight is 307 g/mol. The number of nitrogens with one attached hydrogen (secondary N) is 1. The molecule has 116 valence electrons. The maximum absolute atomic E-state index is 12.7. The maximum atomic E-state index is 12.7. The monoisotopic (exact) mass is 307 g/mol. The molecule has 23 heavy (non-hydrogen) atoms. The number of ether oxygens (including phenoxy) is 1. The van der Waals surface area contributed by atoms with Crippen LogP contribution in [0, 0.1) is 11.3 Å². The maximum Gasteiger partial charge on any atom is 0.275 e. The topological polar surface area (TPSA) is 65.4 Å². The molecule has 0 aromatic heterocycles. The smallest absolute Gasteiger partial charge is 0.275 e. The zero-order valence-corrected chi connectivity index (χ0v) is 12.8. The average Bonchev–Trinajstić information content (AvgIpc) is 2.62. The summed E-state index contributed by atoms with van der Waals surface area (Å²) >= 11 is 0. The first-order valence-corrected chi connectivity index (χ1v) is 7.39. The molecule has 1 amide bonds. The normalized spacial score (nSPS) is 20.7. The van der Waals surface area contributed by atoms with Crippen LogP contribution in [0.25, 0.3) is 0 Å². The van der Waals surface area contributed by atoms with E-state index in [0.717, 1.165) is 11.3 Å². The zero-order chi connectivity index (χ0) is 16.3. The van der Waals surface area contributed by atoms with E-state index in [9.17, 15) is 4.79 Å². The van der Waals surface area contributed by atoms with E-state index in [1.165, 1.54) is 0 Å². The van der Waals surface area contributed by atoms with E-state index in [0.29, 0.717) is 18.5 Å². The second-order valence-corrected chi connectivity index (χ2v) is 5.40. The van der Waals surface area contributed by atoms with Crippen molar-refractivity contribution in [2.24, 2.45) is 0 Å². The number of carbonyl (C=O) groups is 1. The number of methoxy groups -OCH3 is 1. The predicted molar refractivity (Wildman–Crippen MR) is 86.4 cm³/mol. The zero-order valence-electron chi connectivity index (χ0n) is 12.8. The van der Waals surface area contributed by atoms with Crippen LogP contribution in [0.5, 0.6) is 0 Å². The standard InChI is InChI=1S/C18H17N3O2/c1-23-18(15-7-3-2-4-8-15)10-11-21(20-17(18)22)16-9-5-6-14(12-16)13-19/h2-9,12H,10-11H2,1H3,(H,20,22). The van der Waals surface area contributed by atoms with Crippen molar-refractivity contribution in [3.05, 3.63) is 65.7 Å². The molecule has 3 rings (SSSR count). The van der Waals surface area contributed by atoms with Crippen LogP contribution in [0.4, 0.5) is 5.69 Å². The molecule has 0 radical (unpaired) electrons. The van der Waals surface area contributed by atoms with Gasteiger partial charge >= 0.3 is 0 Å². The minimum Gasteiger partial charge on any atom is -0.363 e. The number of rotatable bonds is 3. The molecule has 1 heterocycles. The van der Waals surface area contributed by atoms with Gasteiger partial charge in [-0.1, -0.05) is 36.4 Å². The van der Waals surface area contributed by atoms with Crippen molar-refractivity contribution in [2.75, 3.05) is 18.7 Å². The Morgan fingerprint density at radius 2 is 2.00 bits per heavy atom. The molecule has 2 aromatic rings. The van der Waals surface area contributed by atoms with Crippen molar-refractivity contribution in [2.45, 2.75) is 12.0 Å². The molecule has 0 spiro atoms. The minimum absolute atomic E-state index is 0.209. The number of amides is 1. The van der Waals surface area contributed by atoms with Crippen molar-refractivity contribution in [3.8, 4) is 6.07 Å². The molecule has 1 saturated heterocycles. The van der Waals surface area contributed by atoms with Crippen LogP contribution >= 0.6 is 0 Å². The number of nitrogens with zero attached hydrogens (tertiary/aromatic N) is 2. The lowest BCUT2D eigenvalue weighted by Crippen LogP contribution is -2.59. The van der Waals surface area contributed by atoms with Gasteiger partial charge in [0.25, 0.3) is 5.91 Å². The SMILES string of the molecule is COC1(c2ccccc2)CCN(c2cccc(C#N)c2)NC1=O. The van der Waals surface area contributed by atoms with Gasteiger partial charge < -0.3 is 4.74 Å². The van der Waals surface area contributed by atoms with Crippen LogP contribution in [-0.2, 0) is 15.1 Å². The van der Waals surface area contributed by atoms with Gasteiger partial charge in [0.05, 0.1) is 17.3 Å². The molecular formula is C18H17N3O2. The number of nitriles is 1. The van der Waals surface area contributed by atoms with Crippen molar-refractivity contribution in [1.82, 2.24) is 5.43 Å². The molecule has 1 aliphatic rings. The van der Waals surface area contributed by atoms with Gasteiger partial charge in [0.2, 0.25) is 0 Å². The van der Waals surface area contributed by atoms with Gasteiger partial charge in [0, 0.05) is 20.1 Å². The summed E-state index contributed by atoms with van der Waals surface area (Å²) in [6.45, 7) is 0.587. The Morgan fingerprint density at radius 3 is 2.65 bits per heavy atom. The Labute approximate surface area is 135 Å². The lowest BCUT2D eigenvalue weighted by Gasteiger charge is -2.41. The molecular weight excluding hydrogens is 290 g/mol. The molecule has 1 N–H and O–H groups in total. The van der Waals surface area contributed by atoms with Crippen LogP contribution in [0.1, 0.15) is 17.5 Å². The second kappa shape index (κ2) is 6.11. The summed E-state index contributed by atoms with van der Waals surface area (Å²) in [5.41, 5.74) is 4.09. The molecule has 1 atom stereocenters. The van der Waals surface area contributed by atoms with Crippen molar-refractivity contribution < 1.29 is 9.53 Å². The summed E-state index contributed by atoms with van der Waals surface area (Å²) in [5.74, 6) is -0.209. The number of benzene rings is 2. The van der Waals surface area contributed by atoms with Gasteiger partial charge in [0.15, 0.2) is 5.60 Å². The summed E-state index contributed by atoms with van der Waals surface area (Å²) in [4.78, 5) is 12.7. The first-order chi connectivity index (χ1) is 11.2. The first kappa shape index (κ1) is 15.1. The summed E-state index contributed by atoms with van der Waals surface area (Å²) in [6.07, 6.45) is 0.524. The highest BCUT2D eigenvalue weighted by Crippen LogP contribution is 2.33. The van der Waals surface area contributed by atoms with Crippen LogP contribution in [0.3, 0.4) is 0 Å². The van der Waals surface area contributed by atoms with Gasteiger partial charge in [-0.2, -0.15) is 5.26 Å². The van der Waals surface area contributed by atoms with E-state index in [-0.39, 0.29) is 5.91 Å². The van der Waals surface area contributed by atoms with E-state index in [1.54, 1.807) is 30.3 Å². The van der Waals surface area contributed by atoms with E-state index < -0.39 is 5.60 Å². The molecule has 0 saturated carbocycles. The third-order valence-corrected chi connectivity index (χ3v) is 4.17. The molecule has 2 aromatic carbocycles. The van der Waals surface area contributed by atoms with E-state index in [2.05, 4.69) is 11.5 Å². The number of hydrazine groups is 1. The van der Waals surface area contributed by atoms with Gasteiger partial charge in [-0.05, 0) is 23.8 Å². The summed E-state index contributed by atoms with van der Waals surface area (Å²) in [7, 11) is 1.55. The lowest BCUT2D eigenvalue weighted by molar-refractivity contribution is -0.148. The van der Waals surface area contributed by atoms with Crippen molar-refractivity contribution in [3.63, 3.8) is 0 Å². The molecule has 5 heteroatoms. The molecule has 1 fully saturated rings. The Balaban J connectivity index is 1.87. The molecule has 0 aliphatic carbocycles. The number of carbonyl (C=O) groups excluding carboxylic acids is 1. The minimum atomic E-state index is -0.982. The molecule has 0 bridgehead atoms. The van der Waals surface area contributed by atoms with Gasteiger partial charge in [-0.25, -0.2) is 0 Å². The van der Waals surface area contributed by atoms with Gasteiger partial charge in [-0.3, -0.25) is 15.2 Å². The Bertz CT molecular complexity index is 754. The van der Waals surface area contributed by atoms with Crippen LogP contribution < -0.4 is 10.4 Å². The number of hydrogen-bond donors (Lipinski definition) is 1. The summed E-state index contributed by atoms with van der Waals surface area (Å²) in [6, 6.07) is 18.8. The van der Waals surface area contributed by atoms with Gasteiger partial charge in [0.1, 0.15) is 0 Å². The summed E-state index contributed by atoms with van der Waals surface area (Å²) < 4.78 is 5.62. The lowest BCUT2D eigenvalue weighted by atomic mass is 9.88. The fraction of sp³-hybridized carbons (Fsp3) is 0.222. The van der Waals surface area contributed by atoms with Gasteiger partial charge in [-0.15, -0.1) is 0 Å². The highest BCUT2D eigenvalue weighted by Gasteiger charge is 2.44. The van der Waals surface area contributed by atoms with Crippen molar-refractivity contribution >= 4 is 11.6 Å². The Morgan fingerprint density at radius 1 is 1.22 bits per heavy atom. The fourth-order valence-electron chi connectivity index (χ4n) is 2.88. The van der Waals surface area contributed by atoms with Crippen molar-refractivity contribution in [1.29, 1.82) is 5.26 Å². The molecule has 1 unspecified atom stereocenters. The third-order valence-electron chi connectivity index (χ3n) is 4.17. The molecule has 1 aliphatic heterocycles. The van der Waals surface area contributed by atoms with E-state index >= 15 is 0 Å². The van der Waals surface area contributed by atoms with E-state index in [1.807, 2.05) is 36.4 Å². The fourth-order valence-corrected chi connectivity index (χ4v) is 2.88. The number of anilines is 1. The molecule has 5 nitrogen and oxygen atoms in total. The van der Waals surface area contributed by atoms with Crippen LogP contribution in [0.2, 0.25) is 0 Å². The van der Waals surface area contributed by atoms with E-state index in [4.69, 9.17) is 10.00 Å². The predicted octanol–water partition coefficient (Wildman–Crippen LogP) is 2.34. The Hall–Kier alpha value is -2.84. The third kappa shape index (κ3) is 2.65. The first-order valence-electron chi connectivity index (χ1n) is 7.39. The highest BCUT2D eigenvalue weighted by molar-refractivity contribution is 5.89. The number of hydrogen-bond acceptors (Lipinski definition) is 4. The highest BCUT2D eigenvalue weighted by atomic mass is 16.5. The quantitative estimate of drug-likeness (QED) is 0.945.